The smallest absolute Gasteiger partial charge is 0.0424 e. The molecule has 19 heavy (non-hydrogen) atoms. The van der Waals surface area contributed by atoms with E-state index in [1.165, 1.54) is 11.1 Å². The Labute approximate surface area is 115 Å². The molecule has 0 heterocycles. The maximum Gasteiger partial charge on any atom is 0.0424 e. The lowest BCUT2D eigenvalue weighted by Crippen LogP contribution is -2.30. The number of rotatable bonds is 6. The first-order chi connectivity index (χ1) is 9.25. The van der Waals surface area contributed by atoms with Gasteiger partial charge in [0, 0.05) is 19.1 Å². The van der Waals surface area contributed by atoms with Crippen molar-refractivity contribution in [2.75, 3.05) is 20.1 Å². The Morgan fingerprint density at radius 3 is 2.16 bits per heavy atom. The SMILES string of the molecule is CN(CCc1ccccc1)CC(N)c1ccccc1. The van der Waals surface area contributed by atoms with Crippen LogP contribution in [0.5, 0.6) is 0 Å². The second kappa shape index (κ2) is 7.07. The van der Waals surface area contributed by atoms with Crippen molar-refractivity contribution in [3.8, 4) is 0 Å². The molecule has 2 heteroatoms. The van der Waals surface area contributed by atoms with Gasteiger partial charge in [0.25, 0.3) is 0 Å². The van der Waals surface area contributed by atoms with Crippen molar-refractivity contribution in [2.24, 2.45) is 5.73 Å². The van der Waals surface area contributed by atoms with Crippen LogP contribution in [0.25, 0.3) is 0 Å². The summed E-state index contributed by atoms with van der Waals surface area (Å²) in [6, 6.07) is 20.9. The summed E-state index contributed by atoms with van der Waals surface area (Å²) < 4.78 is 0. The highest BCUT2D eigenvalue weighted by Gasteiger charge is 2.08. The van der Waals surface area contributed by atoms with Crippen LogP contribution >= 0.6 is 0 Å². The molecule has 0 radical (unpaired) electrons. The van der Waals surface area contributed by atoms with Crippen LogP contribution in [0.15, 0.2) is 60.7 Å². The van der Waals surface area contributed by atoms with Gasteiger partial charge in [-0.15, -0.1) is 0 Å². The van der Waals surface area contributed by atoms with Gasteiger partial charge in [0.15, 0.2) is 0 Å². The van der Waals surface area contributed by atoms with E-state index in [0.29, 0.717) is 0 Å². The Balaban J connectivity index is 1.80. The third-order valence-corrected chi connectivity index (χ3v) is 3.36. The molecule has 1 atom stereocenters. The van der Waals surface area contributed by atoms with E-state index in [2.05, 4.69) is 54.4 Å². The average Bonchev–Trinajstić information content (AvgIpc) is 2.47. The Hall–Kier alpha value is -1.64. The summed E-state index contributed by atoms with van der Waals surface area (Å²) in [5, 5.41) is 0. The predicted molar refractivity (Wildman–Crippen MR) is 81.0 cm³/mol. The number of hydrogen-bond donors (Lipinski definition) is 1. The molecule has 0 aliphatic heterocycles. The van der Waals surface area contributed by atoms with Gasteiger partial charge in [0.1, 0.15) is 0 Å². The van der Waals surface area contributed by atoms with E-state index >= 15 is 0 Å². The fraction of sp³-hybridized carbons (Fsp3) is 0.294. The van der Waals surface area contributed by atoms with Gasteiger partial charge in [0.2, 0.25) is 0 Å². The van der Waals surface area contributed by atoms with E-state index in [1.54, 1.807) is 0 Å². The topological polar surface area (TPSA) is 29.3 Å². The maximum absolute atomic E-state index is 6.22. The van der Waals surface area contributed by atoms with Crippen LogP contribution in [0.2, 0.25) is 0 Å². The maximum atomic E-state index is 6.22. The van der Waals surface area contributed by atoms with Crippen molar-refractivity contribution < 1.29 is 0 Å². The van der Waals surface area contributed by atoms with Crippen LogP contribution in [-0.4, -0.2) is 25.0 Å². The Morgan fingerprint density at radius 2 is 1.53 bits per heavy atom. The van der Waals surface area contributed by atoms with Crippen LogP contribution in [0, 0.1) is 0 Å². The molecule has 0 saturated heterocycles. The van der Waals surface area contributed by atoms with Crippen LogP contribution in [0.3, 0.4) is 0 Å². The normalized spacial score (nSPS) is 12.6. The fourth-order valence-electron chi connectivity index (χ4n) is 2.20. The van der Waals surface area contributed by atoms with Crippen LogP contribution in [0.1, 0.15) is 17.2 Å². The molecular formula is C17H22N2. The zero-order valence-electron chi connectivity index (χ0n) is 11.5. The molecule has 100 valence electrons. The summed E-state index contributed by atoms with van der Waals surface area (Å²) in [6.07, 6.45) is 1.07. The molecule has 2 nitrogen and oxygen atoms in total. The Bertz CT molecular complexity index is 467. The molecule has 1 unspecified atom stereocenters. The number of hydrogen-bond acceptors (Lipinski definition) is 2. The standard InChI is InChI=1S/C17H22N2/c1-19(13-12-15-8-4-2-5-9-15)14-17(18)16-10-6-3-7-11-16/h2-11,17H,12-14,18H2,1H3. The molecule has 0 aliphatic rings. The molecule has 0 fully saturated rings. The van der Waals surface area contributed by atoms with Gasteiger partial charge in [-0.25, -0.2) is 0 Å². The molecule has 0 aliphatic carbocycles. The van der Waals surface area contributed by atoms with Crippen LogP contribution < -0.4 is 5.73 Å². The van der Waals surface area contributed by atoms with Gasteiger partial charge < -0.3 is 10.6 Å². The van der Waals surface area contributed by atoms with E-state index in [1.807, 2.05) is 18.2 Å². The molecule has 0 bridgehead atoms. The van der Waals surface area contributed by atoms with E-state index in [0.717, 1.165) is 19.5 Å². The van der Waals surface area contributed by atoms with Crippen LogP contribution in [-0.2, 0) is 6.42 Å². The molecule has 2 aromatic carbocycles. The third-order valence-electron chi connectivity index (χ3n) is 3.36. The lowest BCUT2D eigenvalue weighted by atomic mass is 10.1. The van der Waals surface area contributed by atoms with Crippen molar-refractivity contribution in [1.29, 1.82) is 0 Å². The van der Waals surface area contributed by atoms with Gasteiger partial charge in [-0.1, -0.05) is 60.7 Å². The zero-order valence-corrected chi connectivity index (χ0v) is 11.5. The van der Waals surface area contributed by atoms with Gasteiger partial charge in [-0.2, -0.15) is 0 Å². The number of nitrogens with two attached hydrogens (primary N) is 1. The quantitative estimate of drug-likeness (QED) is 0.859. The minimum atomic E-state index is 0.0852. The molecule has 0 spiro atoms. The highest BCUT2D eigenvalue weighted by molar-refractivity contribution is 5.19. The Kier molecular flexibility index (Phi) is 5.13. The van der Waals surface area contributed by atoms with E-state index in [9.17, 15) is 0 Å². The van der Waals surface area contributed by atoms with E-state index in [-0.39, 0.29) is 6.04 Å². The number of likely N-dealkylation sites (N-methyl/N-ethyl adjacent to an activating group) is 1. The van der Waals surface area contributed by atoms with E-state index < -0.39 is 0 Å². The minimum Gasteiger partial charge on any atom is -0.323 e. The van der Waals surface area contributed by atoms with Crippen molar-refractivity contribution >= 4 is 0 Å². The highest BCUT2D eigenvalue weighted by Crippen LogP contribution is 2.10. The molecule has 0 aromatic heterocycles. The predicted octanol–water partition coefficient (Wildman–Crippen LogP) is 2.86. The average molecular weight is 254 g/mol. The minimum absolute atomic E-state index is 0.0852. The number of nitrogens with zero attached hydrogens (tertiary/aromatic N) is 1. The van der Waals surface area contributed by atoms with Crippen LogP contribution in [0.4, 0.5) is 0 Å². The summed E-state index contributed by atoms with van der Waals surface area (Å²) in [5.74, 6) is 0. The summed E-state index contributed by atoms with van der Waals surface area (Å²) >= 11 is 0. The third kappa shape index (κ3) is 4.51. The molecule has 2 rings (SSSR count). The van der Waals surface area contributed by atoms with Gasteiger partial charge in [-0.3, -0.25) is 0 Å². The van der Waals surface area contributed by atoms with Crippen molar-refractivity contribution in [2.45, 2.75) is 12.5 Å². The summed E-state index contributed by atoms with van der Waals surface area (Å²) in [5.41, 5.74) is 8.80. The zero-order chi connectivity index (χ0) is 13.5. The first-order valence-corrected chi connectivity index (χ1v) is 6.78. The first kappa shape index (κ1) is 13.8. The molecule has 0 amide bonds. The van der Waals surface area contributed by atoms with Crippen molar-refractivity contribution in [3.63, 3.8) is 0 Å². The van der Waals surface area contributed by atoms with Crippen molar-refractivity contribution in [3.05, 3.63) is 71.8 Å². The molecule has 2 N–H and O–H groups in total. The Morgan fingerprint density at radius 1 is 0.947 bits per heavy atom. The molecule has 0 saturated carbocycles. The highest BCUT2D eigenvalue weighted by atomic mass is 15.1. The summed E-state index contributed by atoms with van der Waals surface area (Å²) in [4.78, 5) is 2.30. The fourth-order valence-corrected chi connectivity index (χ4v) is 2.20. The second-order valence-corrected chi connectivity index (χ2v) is 5.02. The molecular weight excluding hydrogens is 232 g/mol. The lowest BCUT2D eigenvalue weighted by Gasteiger charge is -2.21. The van der Waals surface area contributed by atoms with Crippen molar-refractivity contribution in [1.82, 2.24) is 4.90 Å². The molecule has 2 aromatic rings. The lowest BCUT2D eigenvalue weighted by molar-refractivity contribution is 0.316. The largest absolute Gasteiger partial charge is 0.323 e. The first-order valence-electron chi connectivity index (χ1n) is 6.78. The van der Waals surface area contributed by atoms with Gasteiger partial charge in [-0.05, 0) is 24.6 Å². The van der Waals surface area contributed by atoms with Gasteiger partial charge in [0.05, 0.1) is 0 Å². The monoisotopic (exact) mass is 254 g/mol. The summed E-state index contributed by atoms with van der Waals surface area (Å²) in [6.45, 7) is 1.92. The number of benzene rings is 2. The summed E-state index contributed by atoms with van der Waals surface area (Å²) in [7, 11) is 2.13. The second-order valence-electron chi connectivity index (χ2n) is 5.02. The van der Waals surface area contributed by atoms with Gasteiger partial charge >= 0.3 is 0 Å². The van der Waals surface area contributed by atoms with E-state index in [4.69, 9.17) is 5.73 Å².